The Morgan fingerprint density at radius 3 is 2.69 bits per heavy atom. The van der Waals surface area contributed by atoms with E-state index in [1.807, 2.05) is 12.1 Å². The Kier molecular flexibility index (Phi) is 12.2. The predicted molar refractivity (Wildman–Crippen MR) is 143 cm³/mol. The average Bonchev–Trinajstić information content (AvgIpc) is 3.12. The molecule has 1 unspecified atom stereocenters. The molecule has 2 aliphatic rings. The molecule has 1 aliphatic carbocycles. The summed E-state index contributed by atoms with van der Waals surface area (Å²) in [4.78, 5) is 11.6. The second-order valence-electron chi connectivity index (χ2n) is 9.16. The number of carbonyl (C=O) groups excluding carboxylic acids is 1. The Labute approximate surface area is 224 Å². The number of hydrogen-bond donors (Lipinski definition) is 1. The molecule has 5 nitrogen and oxygen atoms in total. The van der Waals surface area contributed by atoms with Gasteiger partial charge in [-0.3, -0.25) is 4.79 Å². The van der Waals surface area contributed by atoms with Gasteiger partial charge >= 0.3 is 5.97 Å². The fourth-order valence-corrected chi connectivity index (χ4v) is 5.73. The van der Waals surface area contributed by atoms with Crippen LogP contribution in [-0.2, 0) is 19.0 Å². The number of allylic oxidation sites excluding steroid dienone is 2. The maximum Gasteiger partial charge on any atom is 0.306 e. The maximum absolute atomic E-state index is 11.6. The molecular weight excluding hydrogens is 509 g/mol. The predicted octanol–water partition coefficient (Wildman–Crippen LogP) is 7.41. The highest BCUT2D eigenvalue weighted by Crippen LogP contribution is 2.41. The van der Waals surface area contributed by atoms with Crippen LogP contribution in [0.25, 0.3) is 0 Å². The summed E-state index contributed by atoms with van der Waals surface area (Å²) in [6, 6.07) is 5.46. The molecule has 8 heteroatoms. The zero-order valence-corrected chi connectivity index (χ0v) is 22.4. The molecule has 35 heavy (non-hydrogen) atoms. The van der Waals surface area contributed by atoms with Crippen molar-refractivity contribution < 1.29 is 19.0 Å². The number of anilines is 1. The minimum Gasteiger partial charge on any atom is -0.461 e. The van der Waals surface area contributed by atoms with Crippen molar-refractivity contribution in [3.05, 3.63) is 53.1 Å². The second kappa shape index (κ2) is 15.1. The van der Waals surface area contributed by atoms with Gasteiger partial charge < -0.3 is 19.5 Å². The van der Waals surface area contributed by atoms with E-state index >= 15 is 0 Å². The smallest absolute Gasteiger partial charge is 0.306 e. The summed E-state index contributed by atoms with van der Waals surface area (Å²) in [6.07, 6.45) is 12.5. The van der Waals surface area contributed by atoms with Crippen molar-refractivity contribution in [3.63, 3.8) is 0 Å². The Bertz CT molecular complexity index is 823. The van der Waals surface area contributed by atoms with Gasteiger partial charge in [0, 0.05) is 46.6 Å². The van der Waals surface area contributed by atoms with Crippen molar-refractivity contribution >= 4 is 46.5 Å². The molecule has 3 rings (SSSR count). The Hall–Kier alpha value is -1.24. The number of alkyl halides is 1. The lowest BCUT2D eigenvalue weighted by Gasteiger charge is -2.30. The van der Waals surface area contributed by atoms with E-state index in [0.717, 1.165) is 57.2 Å². The van der Waals surface area contributed by atoms with Crippen LogP contribution in [0.3, 0.4) is 0 Å². The van der Waals surface area contributed by atoms with Crippen molar-refractivity contribution in [2.24, 2.45) is 11.8 Å². The molecule has 1 N–H and O–H groups in total. The molecule has 2 fully saturated rings. The summed E-state index contributed by atoms with van der Waals surface area (Å²) in [5.41, 5.74) is 0.880. The van der Waals surface area contributed by atoms with Gasteiger partial charge in [-0.2, -0.15) is 0 Å². The average molecular weight is 545 g/mol. The number of hydrogen-bond acceptors (Lipinski definition) is 5. The fraction of sp³-hybridized carbons (Fsp3) is 0.593. The first kappa shape index (κ1) is 28.3. The van der Waals surface area contributed by atoms with Gasteiger partial charge in [0.15, 0.2) is 6.29 Å². The van der Waals surface area contributed by atoms with E-state index in [9.17, 15) is 4.79 Å². The lowest BCUT2D eigenvalue weighted by Crippen LogP contribution is -2.34. The molecule has 0 amide bonds. The molecule has 5 atom stereocenters. The van der Waals surface area contributed by atoms with Gasteiger partial charge in [-0.05, 0) is 69.1 Å². The van der Waals surface area contributed by atoms with Crippen LogP contribution in [0.4, 0.5) is 5.69 Å². The second-order valence-corrected chi connectivity index (χ2v) is 10.6. The van der Waals surface area contributed by atoms with Gasteiger partial charge in [0.2, 0.25) is 0 Å². The van der Waals surface area contributed by atoms with Gasteiger partial charge in [0.05, 0.1) is 6.10 Å². The van der Waals surface area contributed by atoms with Crippen molar-refractivity contribution in [2.45, 2.75) is 69.1 Å². The topological polar surface area (TPSA) is 56.8 Å². The zero-order chi connectivity index (χ0) is 25.0. The summed E-state index contributed by atoms with van der Waals surface area (Å²) in [5, 5.41) is 4.70. The standard InChI is InChI=1S/C27H36Cl3NO4/c1-2-12-33-26(32)10-6-4-3-5-9-22-23(18-31-21-15-19(28)14-20(29)16-21)25(17-24(22)30)35-27-11-7-8-13-34-27/h2-3,5,14-16,22-25,27,31H,1,4,6-13,17-18H2/t22-,23-,24-,25-,27?/m1/s1. The molecule has 1 saturated carbocycles. The molecule has 1 heterocycles. The first-order valence-electron chi connectivity index (χ1n) is 12.5. The third-order valence-corrected chi connectivity index (χ3v) is 7.45. The molecule has 1 aromatic rings. The summed E-state index contributed by atoms with van der Waals surface area (Å²) in [5.74, 6) is 0.271. The van der Waals surface area contributed by atoms with Crippen LogP contribution in [-0.4, -0.2) is 43.5 Å². The van der Waals surface area contributed by atoms with E-state index in [2.05, 4.69) is 24.0 Å². The Morgan fingerprint density at radius 2 is 1.97 bits per heavy atom. The SMILES string of the molecule is C=CCOC(=O)CCCC=CC[C@@H]1[C@@H](CNc2cc(Cl)cc(Cl)c2)[C@H](OC2CCCCO2)C[C@H]1Cl. The zero-order valence-electron chi connectivity index (χ0n) is 20.1. The highest BCUT2D eigenvalue weighted by molar-refractivity contribution is 6.35. The minimum atomic E-state index is -0.188. The van der Waals surface area contributed by atoms with E-state index in [0.29, 0.717) is 23.0 Å². The van der Waals surface area contributed by atoms with E-state index in [4.69, 9.17) is 49.0 Å². The van der Waals surface area contributed by atoms with Gasteiger partial charge in [-0.25, -0.2) is 0 Å². The van der Waals surface area contributed by atoms with Crippen molar-refractivity contribution in [1.29, 1.82) is 0 Å². The summed E-state index contributed by atoms with van der Waals surface area (Å²) < 4.78 is 17.3. The van der Waals surface area contributed by atoms with Crippen LogP contribution >= 0.6 is 34.8 Å². The molecule has 0 spiro atoms. The minimum absolute atomic E-state index is 0.0110. The molecule has 0 aromatic heterocycles. The molecule has 1 aromatic carbocycles. The summed E-state index contributed by atoms with van der Waals surface area (Å²) in [7, 11) is 0. The van der Waals surface area contributed by atoms with Crippen molar-refractivity contribution in [2.75, 3.05) is 25.1 Å². The maximum atomic E-state index is 11.6. The van der Waals surface area contributed by atoms with Crippen LogP contribution in [0.5, 0.6) is 0 Å². The number of ether oxygens (including phenoxy) is 3. The van der Waals surface area contributed by atoms with Crippen molar-refractivity contribution in [3.8, 4) is 0 Å². The molecule has 194 valence electrons. The first-order chi connectivity index (χ1) is 17.0. The number of esters is 1. The first-order valence-corrected chi connectivity index (χ1v) is 13.7. The van der Waals surface area contributed by atoms with Gasteiger partial charge in [-0.15, -0.1) is 11.6 Å². The number of carbonyl (C=O) groups is 1. The van der Waals surface area contributed by atoms with Crippen LogP contribution < -0.4 is 5.32 Å². The number of nitrogens with one attached hydrogen (secondary N) is 1. The Morgan fingerprint density at radius 1 is 1.17 bits per heavy atom. The van der Waals surface area contributed by atoms with Crippen LogP contribution in [0.2, 0.25) is 10.0 Å². The van der Waals surface area contributed by atoms with Gasteiger partial charge in [-0.1, -0.05) is 48.0 Å². The van der Waals surface area contributed by atoms with E-state index in [-0.39, 0.29) is 42.2 Å². The monoisotopic (exact) mass is 543 g/mol. The van der Waals surface area contributed by atoms with E-state index < -0.39 is 0 Å². The molecule has 1 saturated heterocycles. The number of halogens is 3. The van der Waals surface area contributed by atoms with Crippen LogP contribution in [0.15, 0.2) is 43.0 Å². The third kappa shape index (κ3) is 9.62. The summed E-state index contributed by atoms with van der Waals surface area (Å²) in [6.45, 7) is 5.26. The largest absolute Gasteiger partial charge is 0.461 e. The van der Waals surface area contributed by atoms with E-state index in [1.54, 1.807) is 12.1 Å². The Balaban J connectivity index is 1.57. The molecule has 0 bridgehead atoms. The van der Waals surface area contributed by atoms with Crippen LogP contribution in [0.1, 0.15) is 51.4 Å². The number of rotatable bonds is 13. The van der Waals surface area contributed by atoms with Crippen molar-refractivity contribution in [1.82, 2.24) is 0 Å². The lowest BCUT2D eigenvalue weighted by atomic mass is 9.91. The quantitative estimate of drug-likeness (QED) is 0.121. The number of benzene rings is 1. The van der Waals surface area contributed by atoms with Gasteiger partial charge in [0.25, 0.3) is 0 Å². The number of unbranched alkanes of at least 4 members (excludes halogenated alkanes) is 1. The third-order valence-electron chi connectivity index (χ3n) is 6.51. The van der Waals surface area contributed by atoms with Gasteiger partial charge in [0.1, 0.15) is 6.61 Å². The van der Waals surface area contributed by atoms with E-state index in [1.165, 1.54) is 0 Å². The molecular formula is C27H36Cl3NO4. The van der Waals surface area contributed by atoms with Crippen LogP contribution in [0, 0.1) is 11.8 Å². The molecule has 1 aliphatic heterocycles. The molecule has 0 radical (unpaired) electrons. The fourth-order valence-electron chi connectivity index (χ4n) is 4.74. The summed E-state index contributed by atoms with van der Waals surface area (Å²) >= 11 is 19.2. The highest BCUT2D eigenvalue weighted by atomic mass is 35.5. The highest BCUT2D eigenvalue weighted by Gasteiger charge is 2.43. The normalized spacial score (nSPS) is 26.7. The lowest BCUT2D eigenvalue weighted by molar-refractivity contribution is -0.194.